The second-order valence-electron chi connectivity index (χ2n) is 8.14. The lowest BCUT2D eigenvalue weighted by Crippen LogP contribution is -2.37. The summed E-state index contributed by atoms with van der Waals surface area (Å²) in [5, 5.41) is 25.1. The lowest BCUT2D eigenvalue weighted by molar-refractivity contribution is -0.207. The van der Waals surface area contributed by atoms with E-state index in [-0.39, 0.29) is 39.6 Å². The molecule has 2 aromatic heterocycles. The average molecular weight is 577 g/mol. The van der Waals surface area contributed by atoms with Crippen molar-refractivity contribution in [2.24, 2.45) is 0 Å². The molecule has 0 aliphatic heterocycles. The number of hydrogen-bond acceptors (Lipinski definition) is 5. The highest BCUT2D eigenvalue weighted by molar-refractivity contribution is 6.37. The minimum atomic E-state index is -4.93. The van der Waals surface area contributed by atoms with Crippen LogP contribution in [0.2, 0.25) is 15.1 Å². The Bertz CT molecular complexity index is 1460. The molecule has 0 saturated carbocycles. The summed E-state index contributed by atoms with van der Waals surface area (Å²) in [5.74, 6) is 0.146. The second-order valence-corrected chi connectivity index (χ2v) is 9.39. The van der Waals surface area contributed by atoms with Gasteiger partial charge in [0.1, 0.15) is 11.8 Å². The van der Waals surface area contributed by atoms with Crippen LogP contribution in [0, 0.1) is 0 Å². The molecule has 196 valence electrons. The van der Waals surface area contributed by atoms with Gasteiger partial charge in [-0.25, -0.2) is 14.5 Å². The Balaban J connectivity index is 1.79. The number of nitrogens with zero attached hydrogens (tertiary/aromatic N) is 5. The Morgan fingerprint density at radius 3 is 2.22 bits per heavy atom. The topological polar surface area (TPSA) is 98.1 Å². The van der Waals surface area contributed by atoms with Crippen molar-refractivity contribution in [3.8, 4) is 16.9 Å². The van der Waals surface area contributed by atoms with Crippen molar-refractivity contribution in [1.29, 1.82) is 0 Å². The van der Waals surface area contributed by atoms with E-state index in [0.717, 1.165) is 9.13 Å². The van der Waals surface area contributed by atoms with Crippen LogP contribution in [0.5, 0.6) is 0 Å². The van der Waals surface area contributed by atoms with Gasteiger partial charge in [-0.05, 0) is 36.8 Å². The molecule has 2 heterocycles. The van der Waals surface area contributed by atoms with Crippen molar-refractivity contribution < 1.29 is 23.4 Å². The fraction of sp³-hybridized carbons (Fsp3) is 0.261. The first-order chi connectivity index (χ1) is 17.4. The zero-order valence-corrected chi connectivity index (χ0v) is 21.3. The molecule has 37 heavy (non-hydrogen) atoms. The molecule has 2 atom stereocenters. The number of para-hydroxylation sites is 1. The molecule has 0 fully saturated rings. The largest absolute Gasteiger partial charge is 0.416 e. The van der Waals surface area contributed by atoms with Crippen molar-refractivity contribution in [2.75, 3.05) is 0 Å². The molecule has 4 rings (SSSR count). The number of aliphatic hydroxyl groups excluding tert-OH is 2. The van der Waals surface area contributed by atoms with Crippen molar-refractivity contribution in [2.45, 2.75) is 38.4 Å². The first kappa shape index (κ1) is 27.2. The van der Waals surface area contributed by atoms with Gasteiger partial charge in [-0.1, -0.05) is 53.0 Å². The molecule has 2 aromatic carbocycles. The van der Waals surface area contributed by atoms with E-state index in [4.69, 9.17) is 34.8 Å². The van der Waals surface area contributed by atoms with Crippen LogP contribution in [0.3, 0.4) is 0 Å². The van der Waals surface area contributed by atoms with Crippen LogP contribution in [0.1, 0.15) is 24.7 Å². The quantitative estimate of drug-likeness (QED) is 0.327. The smallest absolute Gasteiger partial charge is 0.385 e. The first-order valence-corrected chi connectivity index (χ1v) is 11.9. The maximum atomic E-state index is 13.2. The Morgan fingerprint density at radius 2 is 1.65 bits per heavy atom. The van der Waals surface area contributed by atoms with E-state index >= 15 is 0 Å². The Kier molecular flexibility index (Phi) is 7.72. The van der Waals surface area contributed by atoms with E-state index in [2.05, 4.69) is 10.1 Å². The molecule has 0 unspecified atom stereocenters. The Labute approximate surface area is 223 Å². The molecule has 0 saturated heterocycles. The van der Waals surface area contributed by atoms with Crippen molar-refractivity contribution >= 4 is 34.8 Å². The maximum Gasteiger partial charge on any atom is 0.416 e. The van der Waals surface area contributed by atoms with E-state index in [9.17, 15) is 28.2 Å². The molecule has 0 spiro atoms. The number of aliphatic hydroxyl groups is 2. The van der Waals surface area contributed by atoms with Gasteiger partial charge in [-0.3, -0.25) is 9.13 Å². The summed E-state index contributed by atoms with van der Waals surface area (Å²) in [5.41, 5.74) is -0.0468. The Hall–Kier alpha value is -2.83. The molecule has 0 bridgehead atoms. The summed E-state index contributed by atoms with van der Waals surface area (Å²) >= 11 is 18.5. The third-order valence-electron chi connectivity index (χ3n) is 5.43. The zero-order chi connectivity index (χ0) is 27.1. The summed E-state index contributed by atoms with van der Waals surface area (Å²) in [7, 11) is 0. The number of aromatic nitrogens is 5. The van der Waals surface area contributed by atoms with Crippen molar-refractivity contribution in [1.82, 2.24) is 23.9 Å². The van der Waals surface area contributed by atoms with Gasteiger partial charge in [0.15, 0.2) is 17.8 Å². The molecule has 0 amide bonds. The van der Waals surface area contributed by atoms with E-state index in [1.54, 1.807) is 18.2 Å². The SMILES string of the molecule is C[C@H](O)c1nc(Cn2cc(-c3ccc(Cl)cc3)n(C[C@H](O)C(F)(F)F)c2=O)nn1-c1c(Cl)cccc1Cl. The number of rotatable bonds is 7. The molecule has 0 radical (unpaired) electrons. The monoisotopic (exact) mass is 575 g/mol. The average Bonchev–Trinajstić information content (AvgIpc) is 3.36. The fourth-order valence-electron chi connectivity index (χ4n) is 3.66. The molecule has 8 nitrogen and oxygen atoms in total. The Morgan fingerprint density at radius 1 is 1.03 bits per heavy atom. The highest BCUT2D eigenvalue weighted by atomic mass is 35.5. The van der Waals surface area contributed by atoms with Crippen LogP contribution in [0.4, 0.5) is 13.2 Å². The predicted molar refractivity (Wildman–Crippen MR) is 132 cm³/mol. The maximum absolute atomic E-state index is 13.2. The molecule has 0 aliphatic carbocycles. The van der Waals surface area contributed by atoms with E-state index < -0.39 is 30.6 Å². The molecule has 2 N–H and O–H groups in total. The van der Waals surface area contributed by atoms with E-state index in [0.29, 0.717) is 10.6 Å². The van der Waals surface area contributed by atoms with Crippen LogP contribution in [-0.2, 0) is 13.1 Å². The number of hydrogen-bond donors (Lipinski definition) is 2. The second kappa shape index (κ2) is 10.5. The van der Waals surface area contributed by atoms with Crippen LogP contribution in [0.25, 0.3) is 16.9 Å². The predicted octanol–water partition coefficient (Wildman–Crippen LogP) is 4.88. The van der Waals surface area contributed by atoms with Gasteiger partial charge in [-0.15, -0.1) is 5.10 Å². The fourth-order valence-corrected chi connectivity index (χ4v) is 4.35. The minimum absolute atomic E-state index is 0.0603. The standard InChI is InChI=1S/C23H19Cl3F3N5O3/c1-12(35)21-30-19(31-34(21)20-15(25)3-2-4-16(20)26)11-32-9-17(13-5-7-14(24)8-6-13)33(22(32)37)10-18(36)23(27,28)29/h2-9,12,18,35-36H,10-11H2,1H3/t12-,18-/m0/s1. The van der Waals surface area contributed by atoms with Gasteiger partial charge < -0.3 is 10.2 Å². The number of halogens is 6. The highest BCUT2D eigenvalue weighted by Gasteiger charge is 2.39. The number of alkyl halides is 3. The first-order valence-electron chi connectivity index (χ1n) is 10.8. The third-order valence-corrected chi connectivity index (χ3v) is 6.29. The zero-order valence-electron chi connectivity index (χ0n) is 19.0. The van der Waals surface area contributed by atoms with Gasteiger partial charge in [0, 0.05) is 11.2 Å². The van der Waals surface area contributed by atoms with E-state index in [1.807, 2.05) is 0 Å². The number of benzene rings is 2. The third kappa shape index (κ3) is 5.70. The van der Waals surface area contributed by atoms with Crippen LogP contribution >= 0.6 is 34.8 Å². The molecule has 0 aliphatic rings. The summed E-state index contributed by atoms with van der Waals surface area (Å²) in [6, 6.07) is 10.9. The molecule has 14 heteroatoms. The lowest BCUT2D eigenvalue weighted by Gasteiger charge is -2.16. The van der Waals surface area contributed by atoms with Gasteiger partial charge in [0.25, 0.3) is 0 Å². The van der Waals surface area contributed by atoms with E-state index in [1.165, 1.54) is 42.1 Å². The molecule has 4 aromatic rings. The lowest BCUT2D eigenvalue weighted by atomic mass is 10.1. The summed E-state index contributed by atoms with van der Waals surface area (Å²) in [6.45, 7) is 0.168. The molecular formula is C23H19Cl3F3N5O3. The van der Waals surface area contributed by atoms with Gasteiger partial charge in [-0.2, -0.15) is 13.2 Å². The van der Waals surface area contributed by atoms with Crippen molar-refractivity contribution in [3.05, 3.63) is 85.9 Å². The van der Waals surface area contributed by atoms with Gasteiger partial charge in [0.05, 0.1) is 28.8 Å². The van der Waals surface area contributed by atoms with Gasteiger partial charge >= 0.3 is 11.9 Å². The summed E-state index contributed by atoms with van der Waals surface area (Å²) < 4.78 is 42.5. The normalized spacial score (nSPS) is 13.6. The summed E-state index contributed by atoms with van der Waals surface area (Å²) in [6.07, 6.45) is -7.46. The summed E-state index contributed by atoms with van der Waals surface area (Å²) in [4.78, 5) is 17.5. The van der Waals surface area contributed by atoms with Crippen LogP contribution in [0.15, 0.2) is 53.5 Å². The van der Waals surface area contributed by atoms with Gasteiger partial charge in [0.2, 0.25) is 0 Å². The van der Waals surface area contributed by atoms with Crippen LogP contribution < -0.4 is 5.69 Å². The van der Waals surface area contributed by atoms with Crippen molar-refractivity contribution in [3.63, 3.8) is 0 Å². The van der Waals surface area contributed by atoms with Crippen LogP contribution in [-0.4, -0.2) is 46.4 Å². The number of imidazole rings is 1. The minimum Gasteiger partial charge on any atom is -0.385 e. The molecular weight excluding hydrogens is 558 g/mol. The highest BCUT2D eigenvalue weighted by Crippen LogP contribution is 2.30.